The first-order valence-corrected chi connectivity index (χ1v) is 9.87. The van der Waals surface area contributed by atoms with Crippen LogP contribution < -0.4 is 4.90 Å². The monoisotopic (exact) mass is 453 g/mol. The van der Waals surface area contributed by atoms with Gasteiger partial charge in [-0.3, -0.25) is 9.69 Å². The third-order valence-electron chi connectivity index (χ3n) is 4.76. The Balaban J connectivity index is 1.87. The number of nitrogens with zero attached hydrogens (tertiary/aromatic N) is 1. The zero-order chi connectivity index (χ0) is 22.4. The van der Waals surface area contributed by atoms with Gasteiger partial charge in [-0.2, -0.15) is 26.3 Å². The fourth-order valence-electron chi connectivity index (χ4n) is 3.33. The summed E-state index contributed by atoms with van der Waals surface area (Å²) in [5.74, 6) is -0.587. The zero-order valence-electron chi connectivity index (χ0n) is 15.5. The normalized spacial score (nSPS) is 16.9. The summed E-state index contributed by atoms with van der Waals surface area (Å²) in [5, 5.41) is -0.979. The van der Waals surface area contributed by atoms with E-state index in [1.54, 1.807) is 18.2 Å². The number of anilines is 1. The number of hydrogen-bond donors (Lipinski definition) is 0. The molecule has 0 unspecified atom stereocenters. The molecule has 0 fully saturated rings. The van der Waals surface area contributed by atoms with E-state index in [0.29, 0.717) is 4.90 Å². The van der Waals surface area contributed by atoms with Crippen molar-refractivity contribution in [2.45, 2.75) is 22.6 Å². The number of hydrogen-bond acceptors (Lipinski definition) is 2. The average molecular weight is 453 g/mol. The fourth-order valence-corrected chi connectivity index (χ4v) is 4.61. The SMILES string of the molecule is O=C1c2ccccc2S[C@@H](c2cccc(C(F)(F)F)c2)N1c1cccc(C(F)(F)F)c1. The Hall–Kier alpha value is -2.94. The van der Waals surface area contributed by atoms with Crippen molar-refractivity contribution < 1.29 is 31.1 Å². The number of fused-ring (bicyclic) bond motifs is 1. The van der Waals surface area contributed by atoms with E-state index in [9.17, 15) is 31.1 Å². The molecule has 1 amide bonds. The van der Waals surface area contributed by atoms with Gasteiger partial charge in [0.2, 0.25) is 0 Å². The predicted octanol–water partition coefficient (Wildman–Crippen LogP) is 7.18. The molecule has 0 saturated heterocycles. The van der Waals surface area contributed by atoms with Gasteiger partial charge in [0.15, 0.2) is 0 Å². The zero-order valence-corrected chi connectivity index (χ0v) is 16.4. The van der Waals surface area contributed by atoms with Crippen molar-refractivity contribution >= 4 is 23.4 Å². The van der Waals surface area contributed by atoms with E-state index in [1.807, 2.05) is 0 Å². The maximum atomic E-state index is 13.3. The molecule has 3 aromatic carbocycles. The lowest BCUT2D eigenvalue weighted by Crippen LogP contribution is -2.37. The van der Waals surface area contributed by atoms with Crippen LogP contribution in [0.2, 0.25) is 0 Å². The Bertz CT molecular complexity index is 1140. The van der Waals surface area contributed by atoms with E-state index in [2.05, 4.69) is 0 Å². The van der Waals surface area contributed by atoms with Crippen molar-refractivity contribution in [3.05, 3.63) is 95.1 Å². The van der Waals surface area contributed by atoms with E-state index >= 15 is 0 Å². The summed E-state index contributed by atoms with van der Waals surface area (Å²) < 4.78 is 79.5. The lowest BCUT2D eigenvalue weighted by molar-refractivity contribution is -0.138. The highest BCUT2D eigenvalue weighted by atomic mass is 32.2. The molecule has 1 aliphatic heterocycles. The first-order chi connectivity index (χ1) is 14.6. The van der Waals surface area contributed by atoms with Gasteiger partial charge in [0.05, 0.1) is 16.7 Å². The van der Waals surface area contributed by atoms with Crippen LogP contribution in [0.15, 0.2) is 77.7 Å². The number of amides is 1. The van der Waals surface area contributed by atoms with E-state index in [0.717, 1.165) is 40.9 Å². The van der Waals surface area contributed by atoms with Gasteiger partial charge >= 0.3 is 12.4 Å². The summed E-state index contributed by atoms with van der Waals surface area (Å²) in [7, 11) is 0. The Morgan fingerprint density at radius 1 is 0.742 bits per heavy atom. The molecule has 0 N–H and O–H groups in total. The summed E-state index contributed by atoms with van der Waals surface area (Å²) in [6.07, 6.45) is -9.23. The van der Waals surface area contributed by atoms with Crippen LogP contribution in [0.25, 0.3) is 0 Å². The van der Waals surface area contributed by atoms with Crippen LogP contribution >= 0.6 is 11.8 Å². The Morgan fingerprint density at radius 3 is 2.03 bits per heavy atom. The van der Waals surface area contributed by atoms with Gasteiger partial charge in [-0.05, 0) is 48.0 Å². The van der Waals surface area contributed by atoms with Crippen molar-refractivity contribution in [2.75, 3.05) is 4.90 Å². The summed E-state index contributed by atoms with van der Waals surface area (Å²) in [5.41, 5.74) is -1.48. The second-order valence-electron chi connectivity index (χ2n) is 6.81. The third-order valence-corrected chi connectivity index (χ3v) is 6.08. The average Bonchev–Trinajstić information content (AvgIpc) is 2.73. The second kappa shape index (κ2) is 7.64. The number of halogens is 6. The maximum Gasteiger partial charge on any atom is 0.416 e. The largest absolute Gasteiger partial charge is 0.416 e. The Kier molecular flexibility index (Phi) is 5.25. The van der Waals surface area contributed by atoms with E-state index in [-0.39, 0.29) is 16.8 Å². The van der Waals surface area contributed by atoms with Gasteiger partial charge in [0, 0.05) is 10.6 Å². The standard InChI is InChI=1S/C22H13F6NOS/c23-21(24,25)14-6-3-5-13(11-14)20-29(16-8-4-7-15(12-16)22(26,27)28)19(30)17-9-1-2-10-18(17)31-20/h1-12,20H/t20-/m0/s1. The van der Waals surface area contributed by atoms with Crippen LogP contribution in [0.3, 0.4) is 0 Å². The Morgan fingerprint density at radius 2 is 1.35 bits per heavy atom. The van der Waals surface area contributed by atoms with E-state index in [1.165, 1.54) is 30.3 Å². The number of thioether (sulfide) groups is 1. The molecule has 1 atom stereocenters. The molecule has 0 saturated carbocycles. The molecule has 3 aromatic rings. The first kappa shape index (κ1) is 21.3. The van der Waals surface area contributed by atoms with Gasteiger partial charge in [-0.1, -0.05) is 42.1 Å². The van der Waals surface area contributed by atoms with Gasteiger partial charge in [-0.15, -0.1) is 0 Å². The molecule has 0 radical (unpaired) electrons. The summed E-state index contributed by atoms with van der Waals surface area (Å²) >= 11 is 1.11. The van der Waals surface area contributed by atoms with Crippen LogP contribution in [-0.4, -0.2) is 5.91 Å². The van der Waals surface area contributed by atoms with Crippen LogP contribution in [-0.2, 0) is 12.4 Å². The van der Waals surface area contributed by atoms with Crippen molar-refractivity contribution in [3.8, 4) is 0 Å². The highest BCUT2D eigenvalue weighted by Crippen LogP contribution is 2.48. The fraction of sp³-hybridized carbons (Fsp3) is 0.136. The van der Waals surface area contributed by atoms with Crippen molar-refractivity contribution in [1.29, 1.82) is 0 Å². The first-order valence-electron chi connectivity index (χ1n) is 8.99. The molecule has 0 bridgehead atoms. The molecule has 0 spiro atoms. The minimum Gasteiger partial charge on any atom is -0.291 e. The van der Waals surface area contributed by atoms with Gasteiger partial charge in [0.1, 0.15) is 5.37 Å². The molecular formula is C22H13F6NOS. The van der Waals surface area contributed by atoms with Crippen LogP contribution in [0.5, 0.6) is 0 Å². The molecule has 1 aliphatic rings. The van der Waals surface area contributed by atoms with E-state index < -0.39 is 34.8 Å². The smallest absolute Gasteiger partial charge is 0.291 e. The number of rotatable bonds is 2. The number of benzene rings is 3. The summed E-state index contributed by atoms with van der Waals surface area (Å²) in [4.78, 5) is 14.9. The van der Waals surface area contributed by atoms with Crippen molar-refractivity contribution in [1.82, 2.24) is 0 Å². The second-order valence-corrected chi connectivity index (χ2v) is 7.93. The minimum atomic E-state index is -4.63. The Labute approximate surface area is 177 Å². The van der Waals surface area contributed by atoms with Crippen LogP contribution in [0, 0.1) is 0 Å². The van der Waals surface area contributed by atoms with Crippen molar-refractivity contribution in [3.63, 3.8) is 0 Å². The predicted molar refractivity (Wildman–Crippen MR) is 105 cm³/mol. The van der Waals surface area contributed by atoms with Crippen LogP contribution in [0.4, 0.5) is 32.0 Å². The number of alkyl halides is 6. The number of carbonyl (C=O) groups is 1. The lowest BCUT2D eigenvalue weighted by atomic mass is 10.1. The molecule has 2 nitrogen and oxygen atoms in total. The molecular weight excluding hydrogens is 440 g/mol. The highest BCUT2D eigenvalue weighted by Gasteiger charge is 2.38. The topological polar surface area (TPSA) is 20.3 Å². The van der Waals surface area contributed by atoms with Crippen LogP contribution in [0.1, 0.15) is 32.4 Å². The molecule has 0 aromatic heterocycles. The van der Waals surface area contributed by atoms with Crippen molar-refractivity contribution in [2.24, 2.45) is 0 Å². The van der Waals surface area contributed by atoms with E-state index in [4.69, 9.17) is 0 Å². The molecule has 160 valence electrons. The molecule has 31 heavy (non-hydrogen) atoms. The summed E-state index contributed by atoms with van der Waals surface area (Å²) in [6.45, 7) is 0. The number of carbonyl (C=O) groups excluding carboxylic acids is 1. The minimum absolute atomic E-state index is 0.0516. The molecule has 9 heteroatoms. The molecule has 1 heterocycles. The van der Waals surface area contributed by atoms with Gasteiger partial charge in [0.25, 0.3) is 5.91 Å². The van der Waals surface area contributed by atoms with Gasteiger partial charge < -0.3 is 0 Å². The molecule has 0 aliphatic carbocycles. The third kappa shape index (κ3) is 4.14. The highest BCUT2D eigenvalue weighted by molar-refractivity contribution is 7.99. The van der Waals surface area contributed by atoms with Gasteiger partial charge in [-0.25, -0.2) is 0 Å². The quantitative estimate of drug-likeness (QED) is 0.383. The maximum absolute atomic E-state index is 13.3. The summed E-state index contributed by atoms with van der Waals surface area (Å²) in [6, 6.07) is 15.2. The lowest BCUT2D eigenvalue weighted by Gasteiger charge is -2.36. The molecule has 4 rings (SSSR count).